The van der Waals surface area contributed by atoms with Crippen LogP contribution in [-0.2, 0) is 0 Å². The third kappa shape index (κ3) is 3.94. The molecule has 0 heterocycles. The lowest BCUT2D eigenvalue weighted by molar-refractivity contribution is -0.384. The van der Waals surface area contributed by atoms with E-state index in [1.54, 1.807) is 6.07 Å². The molecular formula is C12H18N2O3. The summed E-state index contributed by atoms with van der Waals surface area (Å²) in [4.78, 5) is 10.1. The summed E-state index contributed by atoms with van der Waals surface area (Å²) in [7, 11) is 0. The van der Waals surface area contributed by atoms with E-state index < -0.39 is 4.92 Å². The van der Waals surface area contributed by atoms with Crippen LogP contribution in [0.5, 0.6) is 5.75 Å². The second-order valence-corrected chi connectivity index (χ2v) is 4.18. The van der Waals surface area contributed by atoms with Crippen LogP contribution in [0.3, 0.4) is 0 Å². The molecule has 0 saturated carbocycles. The maximum atomic E-state index is 10.5. The highest BCUT2D eigenvalue weighted by molar-refractivity contribution is 5.58. The Morgan fingerprint density at radius 2 is 2.24 bits per heavy atom. The third-order valence-electron chi connectivity index (χ3n) is 2.51. The molecule has 0 aliphatic carbocycles. The topological polar surface area (TPSA) is 78.4 Å². The van der Waals surface area contributed by atoms with Gasteiger partial charge < -0.3 is 10.5 Å². The van der Waals surface area contributed by atoms with Crippen LogP contribution in [-0.4, -0.2) is 11.5 Å². The first-order chi connectivity index (χ1) is 8.04. The first kappa shape index (κ1) is 13.3. The molecule has 0 saturated heterocycles. The summed E-state index contributed by atoms with van der Waals surface area (Å²) in [6.45, 7) is 4.80. The van der Waals surface area contributed by atoms with Gasteiger partial charge in [0.1, 0.15) is 5.75 Å². The van der Waals surface area contributed by atoms with Crippen molar-refractivity contribution in [3.8, 4) is 5.75 Å². The van der Waals surface area contributed by atoms with Crippen LogP contribution >= 0.6 is 0 Å². The predicted octanol–water partition coefficient (Wildman–Crippen LogP) is 2.99. The molecule has 0 aliphatic heterocycles. The zero-order valence-electron chi connectivity index (χ0n) is 10.2. The van der Waals surface area contributed by atoms with Crippen molar-refractivity contribution in [1.29, 1.82) is 0 Å². The number of nitro benzene ring substituents is 1. The number of nitro groups is 1. The Hall–Kier alpha value is -1.78. The molecule has 1 unspecified atom stereocenters. The molecule has 5 nitrogen and oxygen atoms in total. The van der Waals surface area contributed by atoms with Gasteiger partial charge in [-0.2, -0.15) is 0 Å². The zero-order chi connectivity index (χ0) is 12.8. The Bertz CT molecular complexity index is 393. The second-order valence-electron chi connectivity index (χ2n) is 4.18. The van der Waals surface area contributed by atoms with E-state index in [2.05, 4.69) is 13.8 Å². The maximum absolute atomic E-state index is 10.5. The van der Waals surface area contributed by atoms with Crippen molar-refractivity contribution in [2.45, 2.75) is 26.7 Å². The molecule has 0 amide bonds. The van der Waals surface area contributed by atoms with Crippen LogP contribution in [0.2, 0.25) is 0 Å². The second kappa shape index (κ2) is 6.08. The zero-order valence-corrected chi connectivity index (χ0v) is 10.2. The van der Waals surface area contributed by atoms with Crippen LogP contribution < -0.4 is 10.5 Å². The number of ether oxygens (including phenoxy) is 1. The monoisotopic (exact) mass is 238 g/mol. The Kier molecular flexibility index (Phi) is 4.75. The number of nitrogen functional groups attached to an aromatic ring is 1. The Morgan fingerprint density at radius 3 is 2.76 bits per heavy atom. The molecule has 2 N–H and O–H groups in total. The maximum Gasteiger partial charge on any atom is 0.271 e. The van der Waals surface area contributed by atoms with Gasteiger partial charge >= 0.3 is 0 Å². The minimum absolute atomic E-state index is 0.0172. The van der Waals surface area contributed by atoms with Crippen molar-refractivity contribution < 1.29 is 9.66 Å². The lowest BCUT2D eigenvalue weighted by Crippen LogP contribution is -2.09. The van der Waals surface area contributed by atoms with E-state index in [1.165, 1.54) is 12.1 Å². The first-order valence-electron chi connectivity index (χ1n) is 5.71. The van der Waals surface area contributed by atoms with E-state index in [9.17, 15) is 10.1 Å². The average Bonchev–Trinajstić information content (AvgIpc) is 2.27. The molecule has 0 aromatic heterocycles. The van der Waals surface area contributed by atoms with Crippen LogP contribution in [0.15, 0.2) is 18.2 Å². The Labute approximate surface area is 101 Å². The molecule has 0 fully saturated rings. The van der Waals surface area contributed by atoms with Crippen molar-refractivity contribution in [2.24, 2.45) is 5.92 Å². The van der Waals surface area contributed by atoms with Crippen molar-refractivity contribution in [2.75, 3.05) is 12.3 Å². The lowest BCUT2D eigenvalue weighted by Gasteiger charge is -2.13. The van der Waals surface area contributed by atoms with Gasteiger partial charge in [0.2, 0.25) is 0 Å². The largest absolute Gasteiger partial charge is 0.491 e. The minimum atomic E-state index is -0.472. The molecule has 94 valence electrons. The van der Waals surface area contributed by atoms with Gasteiger partial charge in [0.25, 0.3) is 5.69 Å². The van der Waals surface area contributed by atoms with E-state index in [0.29, 0.717) is 24.0 Å². The van der Waals surface area contributed by atoms with Crippen molar-refractivity contribution in [1.82, 2.24) is 0 Å². The van der Waals surface area contributed by atoms with E-state index in [-0.39, 0.29) is 5.69 Å². The molecule has 1 atom stereocenters. The van der Waals surface area contributed by atoms with Gasteiger partial charge in [-0.15, -0.1) is 0 Å². The molecule has 17 heavy (non-hydrogen) atoms. The fraction of sp³-hybridized carbons (Fsp3) is 0.500. The summed E-state index contributed by atoms with van der Waals surface area (Å²) in [5.41, 5.74) is 5.98. The fourth-order valence-corrected chi connectivity index (χ4v) is 1.59. The summed E-state index contributed by atoms with van der Waals surface area (Å²) in [6, 6.07) is 4.27. The summed E-state index contributed by atoms with van der Waals surface area (Å²) >= 11 is 0. The van der Waals surface area contributed by atoms with Gasteiger partial charge in [-0.3, -0.25) is 10.1 Å². The molecule has 5 heteroatoms. The quantitative estimate of drug-likeness (QED) is 0.469. The summed E-state index contributed by atoms with van der Waals surface area (Å²) in [5, 5.41) is 10.5. The number of hydrogen-bond donors (Lipinski definition) is 1. The van der Waals surface area contributed by atoms with Gasteiger partial charge in [0, 0.05) is 12.1 Å². The highest BCUT2D eigenvalue weighted by atomic mass is 16.6. The van der Waals surface area contributed by atoms with E-state index in [1.807, 2.05) is 0 Å². The molecule has 0 aliphatic rings. The van der Waals surface area contributed by atoms with Crippen molar-refractivity contribution >= 4 is 11.4 Å². The predicted molar refractivity (Wildman–Crippen MR) is 67.1 cm³/mol. The molecule has 0 spiro atoms. The minimum Gasteiger partial charge on any atom is -0.491 e. The number of nitrogens with zero attached hydrogens (tertiary/aromatic N) is 1. The van der Waals surface area contributed by atoms with Crippen molar-refractivity contribution in [3.05, 3.63) is 28.3 Å². The van der Waals surface area contributed by atoms with E-state index >= 15 is 0 Å². The first-order valence-corrected chi connectivity index (χ1v) is 5.71. The average molecular weight is 238 g/mol. The number of non-ortho nitro benzene ring substituents is 1. The summed E-state index contributed by atoms with van der Waals surface area (Å²) in [6.07, 6.45) is 2.20. The molecule has 1 rings (SSSR count). The van der Waals surface area contributed by atoms with Crippen LogP contribution in [0.25, 0.3) is 0 Å². The molecular weight excluding hydrogens is 220 g/mol. The number of nitrogens with two attached hydrogens (primary N) is 1. The highest BCUT2D eigenvalue weighted by Crippen LogP contribution is 2.26. The molecule has 1 aromatic rings. The molecule has 0 radical (unpaired) electrons. The van der Waals surface area contributed by atoms with Crippen LogP contribution in [0, 0.1) is 16.0 Å². The number of rotatable bonds is 6. The Balaban J connectivity index is 2.63. The standard InChI is InChI=1S/C12H18N2O3/c1-3-4-9(2)8-17-12-6-5-10(14(15)16)7-11(12)13/h5-7,9H,3-4,8,13H2,1-2H3. The van der Waals surface area contributed by atoms with Crippen molar-refractivity contribution in [3.63, 3.8) is 0 Å². The van der Waals surface area contributed by atoms with Gasteiger partial charge in [-0.25, -0.2) is 0 Å². The number of benzene rings is 1. The SMILES string of the molecule is CCCC(C)COc1ccc([N+](=O)[O-])cc1N. The molecule has 1 aromatic carbocycles. The highest BCUT2D eigenvalue weighted by Gasteiger charge is 2.10. The lowest BCUT2D eigenvalue weighted by atomic mass is 10.1. The van der Waals surface area contributed by atoms with E-state index in [4.69, 9.17) is 10.5 Å². The van der Waals surface area contributed by atoms with Gasteiger partial charge in [-0.1, -0.05) is 20.3 Å². The van der Waals surface area contributed by atoms with Crippen LogP contribution in [0.4, 0.5) is 11.4 Å². The van der Waals surface area contributed by atoms with Crippen LogP contribution in [0.1, 0.15) is 26.7 Å². The van der Waals surface area contributed by atoms with E-state index in [0.717, 1.165) is 12.8 Å². The number of hydrogen-bond acceptors (Lipinski definition) is 4. The third-order valence-corrected chi connectivity index (χ3v) is 2.51. The summed E-state index contributed by atoms with van der Waals surface area (Å²) in [5.74, 6) is 0.966. The summed E-state index contributed by atoms with van der Waals surface area (Å²) < 4.78 is 5.54. The van der Waals surface area contributed by atoms with Gasteiger partial charge in [-0.05, 0) is 18.4 Å². The smallest absolute Gasteiger partial charge is 0.271 e. The normalized spacial score (nSPS) is 12.1. The van der Waals surface area contributed by atoms with Gasteiger partial charge in [0.05, 0.1) is 17.2 Å². The molecule has 0 bridgehead atoms. The Morgan fingerprint density at radius 1 is 1.53 bits per heavy atom. The van der Waals surface area contributed by atoms with Gasteiger partial charge in [0.15, 0.2) is 0 Å². The fourth-order valence-electron chi connectivity index (χ4n) is 1.59. The number of anilines is 1.